The molecule has 1 spiro atoms. The topological polar surface area (TPSA) is 86.6 Å². The molecule has 8 heteroatoms. The molecule has 3 N–H and O–H groups in total. The molecular formula is C25H27ClN4O3. The number of carbonyl (C=O) groups excluding carboxylic acids is 2. The number of amides is 3. The van der Waals surface area contributed by atoms with Gasteiger partial charge in [-0.05, 0) is 42.7 Å². The van der Waals surface area contributed by atoms with Crippen LogP contribution in [0.5, 0.6) is 0 Å². The van der Waals surface area contributed by atoms with Gasteiger partial charge < -0.3 is 25.3 Å². The molecule has 2 aliphatic rings. The van der Waals surface area contributed by atoms with Crippen LogP contribution in [0.2, 0.25) is 5.02 Å². The fourth-order valence-electron chi connectivity index (χ4n) is 4.98. The van der Waals surface area contributed by atoms with Gasteiger partial charge in [0, 0.05) is 37.3 Å². The highest BCUT2D eigenvalue weighted by atomic mass is 35.5. The number of hydrogen-bond acceptors (Lipinski definition) is 4. The Morgan fingerprint density at radius 2 is 1.88 bits per heavy atom. The van der Waals surface area contributed by atoms with Crippen molar-refractivity contribution in [2.75, 3.05) is 24.3 Å². The van der Waals surface area contributed by atoms with Gasteiger partial charge in [-0.3, -0.25) is 4.79 Å². The van der Waals surface area contributed by atoms with E-state index < -0.39 is 5.54 Å². The minimum absolute atomic E-state index is 0.224. The van der Waals surface area contributed by atoms with Crippen LogP contribution in [0, 0.1) is 0 Å². The van der Waals surface area contributed by atoms with Crippen molar-refractivity contribution in [3.63, 3.8) is 0 Å². The fourth-order valence-corrected chi connectivity index (χ4v) is 5.24. The molecule has 5 rings (SSSR count). The summed E-state index contributed by atoms with van der Waals surface area (Å²) in [5, 5.41) is 10.1. The Hall–Kier alpha value is -3.19. The predicted octanol–water partition coefficient (Wildman–Crippen LogP) is 5.38. The molecule has 1 aromatic heterocycles. The van der Waals surface area contributed by atoms with E-state index in [1.165, 1.54) is 0 Å². The summed E-state index contributed by atoms with van der Waals surface area (Å²) in [6.45, 7) is 0.393. The summed E-state index contributed by atoms with van der Waals surface area (Å²) in [6.07, 6.45) is 4.77. The molecule has 7 nitrogen and oxygen atoms in total. The molecule has 2 aromatic carbocycles. The van der Waals surface area contributed by atoms with Gasteiger partial charge in [-0.2, -0.15) is 0 Å². The van der Waals surface area contributed by atoms with Crippen molar-refractivity contribution < 1.29 is 14.0 Å². The summed E-state index contributed by atoms with van der Waals surface area (Å²) in [7, 11) is 3.98. The second-order valence-corrected chi connectivity index (χ2v) is 9.51. The summed E-state index contributed by atoms with van der Waals surface area (Å²) in [6, 6.07) is 11.2. The third-order valence-electron chi connectivity index (χ3n) is 6.67. The molecule has 0 radical (unpaired) electrons. The average molecular weight is 467 g/mol. The molecule has 0 atom stereocenters. The molecule has 1 fully saturated rings. The molecule has 172 valence electrons. The standard InChI is InChI=1S/C25H27ClN4O3/c1-30(2)17-8-6-15(7-9-17)14-27-23(31)19-13-16-12-18(26)21-20(22(16)33-19)25(29-24(32)28-21)10-4-3-5-11-25/h6-9,12-13H,3-5,10-11,14H2,1-2H3,(H,27,31)(H2,28,29,32). The highest BCUT2D eigenvalue weighted by Gasteiger charge is 2.43. The van der Waals surface area contributed by atoms with E-state index in [0.29, 0.717) is 22.8 Å². The van der Waals surface area contributed by atoms with Crippen LogP contribution in [0.1, 0.15) is 53.8 Å². The van der Waals surface area contributed by atoms with E-state index in [-0.39, 0.29) is 17.7 Å². The average Bonchev–Trinajstić information content (AvgIpc) is 3.22. The molecule has 0 unspecified atom stereocenters. The first kappa shape index (κ1) is 21.6. The fraction of sp³-hybridized carbons (Fsp3) is 0.360. The first-order valence-electron chi connectivity index (χ1n) is 11.3. The van der Waals surface area contributed by atoms with Gasteiger partial charge in [0.25, 0.3) is 5.91 Å². The van der Waals surface area contributed by atoms with Gasteiger partial charge >= 0.3 is 6.03 Å². The normalized spacial score (nSPS) is 16.8. The molecule has 33 heavy (non-hydrogen) atoms. The van der Waals surface area contributed by atoms with Crippen molar-refractivity contribution >= 4 is 45.9 Å². The number of furan rings is 1. The van der Waals surface area contributed by atoms with Crippen LogP contribution in [0.15, 0.2) is 40.8 Å². The lowest BCUT2D eigenvalue weighted by atomic mass is 9.74. The zero-order chi connectivity index (χ0) is 23.2. The van der Waals surface area contributed by atoms with Crippen molar-refractivity contribution in [2.24, 2.45) is 0 Å². The number of benzene rings is 2. The quantitative estimate of drug-likeness (QED) is 0.482. The molecular weight excluding hydrogens is 440 g/mol. The highest BCUT2D eigenvalue weighted by Crippen LogP contribution is 2.48. The van der Waals surface area contributed by atoms with E-state index in [4.69, 9.17) is 16.0 Å². The number of nitrogens with one attached hydrogen (secondary N) is 3. The van der Waals surface area contributed by atoms with Crippen molar-refractivity contribution in [3.05, 3.63) is 58.3 Å². The Kier molecular flexibility index (Phi) is 5.44. The van der Waals surface area contributed by atoms with E-state index >= 15 is 0 Å². The predicted molar refractivity (Wildman–Crippen MR) is 130 cm³/mol. The van der Waals surface area contributed by atoms with Crippen LogP contribution in [0.3, 0.4) is 0 Å². The Morgan fingerprint density at radius 1 is 1.15 bits per heavy atom. The van der Waals surface area contributed by atoms with E-state index in [9.17, 15) is 9.59 Å². The number of anilines is 2. The van der Waals surface area contributed by atoms with Crippen molar-refractivity contribution in [3.8, 4) is 0 Å². The number of hydrogen-bond donors (Lipinski definition) is 3. The zero-order valence-electron chi connectivity index (χ0n) is 18.8. The lowest BCUT2D eigenvalue weighted by molar-refractivity contribution is 0.0925. The first-order valence-corrected chi connectivity index (χ1v) is 11.6. The maximum atomic E-state index is 12.9. The minimum atomic E-state index is -0.529. The number of rotatable bonds is 4. The van der Waals surface area contributed by atoms with Crippen LogP contribution in [-0.2, 0) is 12.1 Å². The molecule has 0 bridgehead atoms. The second-order valence-electron chi connectivity index (χ2n) is 9.10. The molecule has 3 aromatic rings. The van der Waals surface area contributed by atoms with Crippen molar-refractivity contribution in [1.29, 1.82) is 0 Å². The van der Waals surface area contributed by atoms with E-state index in [1.54, 1.807) is 12.1 Å². The summed E-state index contributed by atoms with van der Waals surface area (Å²) < 4.78 is 6.12. The van der Waals surface area contributed by atoms with Crippen LogP contribution in [0.25, 0.3) is 11.0 Å². The largest absolute Gasteiger partial charge is 0.450 e. The first-order chi connectivity index (χ1) is 15.9. The second kappa shape index (κ2) is 8.30. The summed E-state index contributed by atoms with van der Waals surface area (Å²) in [5.41, 5.74) is 3.60. The van der Waals surface area contributed by atoms with Crippen LogP contribution in [-0.4, -0.2) is 26.0 Å². The number of nitrogens with zero attached hydrogens (tertiary/aromatic N) is 1. The van der Waals surface area contributed by atoms with E-state index in [0.717, 1.165) is 54.3 Å². The van der Waals surface area contributed by atoms with Crippen molar-refractivity contribution in [2.45, 2.75) is 44.2 Å². The van der Waals surface area contributed by atoms with E-state index in [1.807, 2.05) is 43.3 Å². The molecule has 1 aliphatic carbocycles. The van der Waals surface area contributed by atoms with E-state index in [2.05, 4.69) is 16.0 Å². The summed E-state index contributed by atoms with van der Waals surface area (Å²) in [5.74, 6) is -0.0690. The van der Waals surface area contributed by atoms with Gasteiger partial charge in [0.15, 0.2) is 5.76 Å². The SMILES string of the molecule is CN(C)c1ccc(CNC(=O)c2cc3cc(Cl)c4c(c3o2)C2(CCCCC2)NC(=O)N4)cc1. The Bertz CT molecular complexity index is 1230. The number of halogens is 1. The van der Waals surface area contributed by atoms with Crippen LogP contribution in [0.4, 0.5) is 16.2 Å². The molecule has 3 amide bonds. The molecule has 2 heterocycles. The van der Waals surface area contributed by atoms with Crippen molar-refractivity contribution in [1.82, 2.24) is 10.6 Å². The molecule has 1 aliphatic heterocycles. The van der Waals surface area contributed by atoms with Gasteiger partial charge in [-0.1, -0.05) is 43.0 Å². The smallest absolute Gasteiger partial charge is 0.319 e. The van der Waals surface area contributed by atoms with Gasteiger partial charge in [0.05, 0.1) is 16.2 Å². The van der Waals surface area contributed by atoms with Gasteiger partial charge in [0.1, 0.15) is 5.58 Å². The van der Waals surface area contributed by atoms with Gasteiger partial charge in [-0.25, -0.2) is 4.79 Å². The Morgan fingerprint density at radius 3 is 2.58 bits per heavy atom. The van der Waals surface area contributed by atoms with Gasteiger partial charge in [0.2, 0.25) is 0 Å². The third-order valence-corrected chi connectivity index (χ3v) is 6.96. The number of carbonyl (C=O) groups is 2. The maximum Gasteiger partial charge on any atom is 0.319 e. The lowest BCUT2D eigenvalue weighted by Crippen LogP contribution is -2.52. The maximum absolute atomic E-state index is 12.9. The zero-order valence-corrected chi connectivity index (χ0v) is 19.5. The Balaban J connectivity index is 1.45. The number of fused-ring (bicyclic) bond motifs is 4. The minimum Gasteiger partial charge on any atom is -0.450 e. The number of urea groups is 1. The highest BCUT2D eigenvalue weighted by molar-refractivity contribution is 6.35. The molecule has 0 saturated heterocycles. The summed E-state index contributed by atoms with van der Waals surface area (Å²) >= 11 is 6.57. The van der Waals surface area contributed by atoms with Gasteiger partial charge in [-0.15, -0.1) is 0 Å². The Labute approximate surface area is 197 Å². The van der Waals surface area contributed by atoms with Crippen LogP contribution >= 0.6 is 11.6 Å². The third kappa shape index (κ3) is 3.91. The lowest BCUT2D eigenvalue weighted by Gasteiger charge is -2.42. The summed E-state index contributed by atoms with van der Waals surface area (Å²) in [4.78, 5) is 27.3. The molecule has 1 saturated carbocycles. The van der Waals surface area contributed by atoms with Crippen LogP contribution < -0.4 is 20.9 Å². The monoisotopic (exact) mass is 466 g/mol.